The molecular weight excluding hydrogens is 978 g/mol. The van der Waals surface area contributed by atoms with E-state index in [0.29, 0.717) is 29.5 Å². The maximum absolute atomic E-state index is 14.9. The minimum atomic E-state index is -2.45. The summed E-state index contributed by atoms with van der Waals surface area (Å²) in [6.07, 6.45) is 9.06. The van der Waals surface area contributed by atoms with Crippen LogP contribution in [0, 0.1) is 11.8 Å². The maximum Gasteiger partial charge on any atom is 0.408 e. The number of halogens is 2. The highest BCUT2D eigenvalue weighted by Crippen LogP contribution is 2.35. The number of ether oxygens (including phenoxy) is 4. The Morgan fingerprint density at radius 2 is 1.47 bits per heavy atom. The van der Waals surface area contributed by atoms with Gasteiger partial charge < -0.3 is 44.0 Å². The second-order valence-electron chi connectivity index (χ2n) is 18.5. The van der Waals surface area contributed by atoms with Crippen LogP contribution in [0.25, 0.3) is 0 Å². The van der Waals surface area contributed by atoms with Gasteiger partial charge in [0.05, 0.1) is 21.8 Å². The van der Waals surface area contributed by atoms with Crippen molar-refractivity contribution in [3.05, 3.63) is 124 Å². The van der Waals surface area contributed by atoms with Crippen molar-refractivity contribution in [3.8, 4) is 5.75 Å². The van der Waals surface area contributed by atoms with E-state index in [4.69, 9.17) is 46.6 Å². The van der Waals surface area contributed by atoms with Crippen LogP contribution in [0.1, 0.15) is 99.3 Å². The number of esters is 2. The average molecular weight is 1060 g/mol. The lowest BCUT2D eigenvalue weighted by molar-refractivity contribution is -0.161. The van der Waals surface area contributed by atoms with Gasteiger partial charge in [0, 0.05) is 32.1 Å². The molecule has 0 aliphatic heterocycles. The summed E-state index contributed by atoms with van der Waals surface area (Å²) in [6.45, 7) is 26.2. The Morgan fingerprint density at radius 1 is 0.889 bits per heavy atom. The molecule has 0 saturated carbocycles. The molecule has 0 spiro atoms. The molecule has 14 nitrogen and oxygen atoms in total. The number of methoxy groups -OCH3 is 1. The van der Waals surface area contributed by atoms with Gasteiger partial charge in [-0.25, -0.2) is 14.4 Å². The predicted molar refractivity (Wildman–Crippen MR) is 288 cm³/mol. The van der Waals surface area contributed by atoms with Crippen molar-refractivity contribution >= 4 is 61.4 Å². The molecule has 2 rings (SSSR count). The summed E-state index contributed by atoms with van der Waals surface area (Å²) >= 11 is 12.5. The van der Waals surface area contributed by atoms with E-state index >= 15 is 0 Å². The number of rotatable bonds is 30. The lowest BCUT2D eigenvalue weighted by atomic mass is 9.94. The van der Waals surface area contributed by atoms with Crippen LogP contribution in [0.4, 0.5) is 4.79 Å². The fourth-order valence-corrected chi connectivity index (χ4v) is 11.9. The van der Waals surface area contributed by atoms with Crippen LogP contribution in [0.3, 0.4) is 0 Å². The SMILES string of the molecule is C=CCOC(=O)N[C@@H](Cc1cc(Cl)c(O)c(Cl)c1)C(=O)N[C@H](C(=O)O[C@H](c1ccccc1)[C@H](C)/C=C/C=C(\C)[C@@H](C/C=C(\C)C(=O)N(C)[C@H](C(=O)OCC=C)[C@@H](C)CC)OC)C(C)(C)O[Si](CC)(CC)CC. The second-order valence-corrected chi connectivity index (χ2v) is 24.0. The van der Waals surface area contributed by atoms with Gasteiger partial charge in [-0.2, -0.15) is 0 Å². The van der Waals surface area contributed by atoms with Crippen molar-refractivity contribution in [1.82, 2.24) is 15.5 Å². The molecule has 0 saturated heterocycles. The molecule has 0 radical (unpaired) electrons. The first-order valence-corrected chi connectivity index (χ1v) is 27.8. The summed E-state index contributed by atoms with van der Waals surface area (Å²) in [5.74, 6) is -3.19. The third kappa shape index (κ3) is 18.7. The molecule has 3 amide bonds. The first-order valence-electron chi connectivity index (χ1n) is 24.6. The first-order chi connectivity index (χ1) is 34.0. The summed E-state index contributed by atoms with van der Waals surface area (Å²) in [4.78, 5) is 70.4. The number of carbonyl (C=O) groups excluding carboxylic acids is 5. The number of aromatic hydroxyl groups is 1. The van der Waals surface area contributed by atoms with Crippen LogP contribution in [0.5, 0.6) is 5.75 Å². The van der Waals surface area contributed by atoms with Crippen LogP contribution in [-0.2, 0) is 49.0 Å². The zero-order chi connectivity index (χ0) is 54.3. The maximum atomic E-state index is 14.9. The average Bonchev–Trinajstić information content (AvgIpc) is 3.36. The first kappa shape index (κ1) is 62.9. The van der Waals surface area contributed by atoms with E-state index < -0.39 is 74.1 Å². The third-order valence-electron chi connectivity index (χ3n) is 13.0. The minimum absolute atomic E-state index is 0.0533. The molecule has 3 N–H and O–H groups in total. The number of nitrogens with zero attached hydrogens (tertiary/aromatic N) is 1. The van der Waals surface area contributed by atoms with Crippen LogP contribution < -0.4 is 10.6 Å². The fraction of sp³-hybridized carbons (Fsp3) is 0.509. The molecule has 2 aromatic carbocycles. The minimum Gasteiger partial charge on any atom is -0.505 e. The molecular formula is C55H79Cl2N3O11Si. The number of benzene rings is 2. The van der Waals surface area contributed by atoms with Crippen molar-refractivity contribution in [2.45, 2.75) is 143 Å². The Kier molecular flexibility index (Phi) is 26.9. The van der Waals surface area contributed by atoms with E-state index in [9.17, 15) is 29.1 Å². The molecule has 17 heteroatoms. The molecule has 7 atom stereocenters. The quantitative estimate of drug-likeness (QED) is 0.0169. The molecule has 0 heterocycles. The lowest BCUT2D eigenvalue weighted by Gasteiger charge is -2.42. The van der Waals surface area contributed by atoms with E-state index in [1.807, 2.05) is 76.3 Å². The summed E-state index contributed by atoms with van der Waals surface area (Å²) in [6, 6.07) is 10.9. The van der Waals surface area contributed by atoms with Crippen molar-refractivity contribution in [3.63, 3.8) is 0 Å². The van der Waals surface area contributed by atoms with E-state index in [1.165, 1.54) is 29.2 Å². The number of phenolic OH excluding ortho intramolecular Hbond substituents is 1. The zero-order valence-electron chi connectivity index (χ0n) is 44.4. The molecule has 2 aromatic rings. The van der Waals surface area contributed by atoms with E-state index in [2.05, 4.69) is 44.6 Å². The summed E-state index contributed by atoms with van der Waals surface area (Å²) in [7, 11) is 0.743. The molecule has 0 aliphatic rings. The molecule has 0 bridgehead atoms. The molecule has 0 fully saturated rings. The van der Waals surface area contributed by atoms with E-state index in [0.717, 1.165) is 23.7 Å². The van der Waals surface area contributed by atoms with Gasteiger partial charge >= 0.3 is 18.0 Å². The topological polar surface area (TPSA) is 179 Å². The standard InChI is InChI=1S/C55H79Cl2N3O11Si/c1-15-31-68-52(64)46(36(7)17-3)60(13)51(63)39(10)29-30-45(67-14)37(8)25-24-26-38(9)48(41-27-22-21-23-28-41)70-53(65)49(55(11,12)71-72(18-4,19-5)20-6)59-50(62)44(58-54(66)69-32-16-2)35-40-33-42(56)47(61)43(57)34-40/h15-16,21-29,33-34,36,38,44-46,48-49,61H,1-2,17-20,30-32,35H2,3-14H3,(H,58,66)(H,59,62)/b26-24+,37-25+,39-29+/t36-,38+,44-,45+,46-,48-,49+/m0/s1. The smallest absolute Gasteiger partial charge is 0.408 e. The van der Waals surface area contributed by atoms with Crippen molar-refractivity contribution in [2.75, 3.05) is 27.4 Å². The Hall–Kier alpha value is -5.19. The Bertz CT molecular complexity index is 2200. The zero-order valence-corrected chi connectivity index (χ0v) is 46.9. The fourth-order valence-electron chi connectivity index (χ4n) is 8.21. The third-order valence-corrected chi connectivity index (χ3v) is 18.4. The van der Waals surface area contributed by atoms with Gasteiger partial charge in [0.15, 0.2) is 20.1 Å². The van der Waals surface area contributed by atoms with Gasteiger partial charge in [-0.05, 0) is 87.0 Å². The summed E-state index contributed by atoms with van der Waals surface area (Å²) in [5, 5.41) is 15.6. The van der Waals surface area contributed by atoms with Gasteiger partial charge in [-0.1, -0.05) is 151 Å². The van der Waals surface area contributed by atoms with Gasteiger partial charge in [0.1, 0.15) is 31.4 Å². The highest BCUT2D eigenvalue weighted by Gasteiger charge is 2.46. The number of allylic oxidation sites excluding steroid dienone is 2. The Balaban J connectivity index is 2.56. The lowest BCUT2D eigenvalue weighted by Crippen LogP contribution is -2.62. The van der Waals surface area contributed by atoms with Gasteiger partial charge in [0.25, 0.3) is 0 Å². The predicted octanol–water partition coefficient (Wildman–Crippen LogP) is 11.2. The van der Waals surface area contributed by atoms with Crippen LogP contribution >= 0.6 is 23.2 Å². The Morgan fingerprint density at radius 3 is 2.01 bits per heavy atom. The highest BCUT2D eigenvalue weighted by molar-refractivity contribution is 6.73. The number of likely N-dealkylation sites (N-methyl/N-ethyl adjacent to an activating group) is 1. The van der Waals surface area contributed by atoms with Crippen molar-refractivity contribution in [2.24, 2.45) is 11.8 Å². The van der Waals surface area contributed by atoms with Gasteiger partial charge in [-0.15, -0.1) is 0 Å². The van der Waals surface area contributed by atoms with Crippen LogP contribution in [0.15, 0.2) is 103 Å². The van der Waals surface area contributed by atoms with Gasteiger partial charge in [-0.3, -0.25) is 9.59 Å². The van der Waals surface area contributed by atoms with Crippen molar-refractivity contribution in [1.29, 1.82) is 0 Å². The normalized spacial score (nSPS) is 15.2. The largest absolute Gasteiger partial charge is 0.505 e. The molecule has 0 aromatic heterocycles. The highest BCUT2D eigenvalue weighted by atomic mass is 35.5. The number of hydrogen-bond acceptors (Lipinski definition) is 11. The molecule has 0 unspecified atom stereocenters. The molecule has 398 valence electrons. The number of phenols is 1. The molecule has 0 aliphatic carbocycles. The van der Waals surface area contributed by atoms with E-state index in [-0.39, 0.29) is 47.3 Å². The number of nitrogens with one attached hydrogen (secondary N) is 2. The molecule has 72 heavy (non-hydrogen) atoms. The van der Waals surface area contributed by atoms with E-state index in [1.54, 1.807) is 41.0 Å². The Labute approximate surface area is 439 Å². The monoisotopic (exact) mass is 1060 g/mol. The van der Waals surface area contributed by atoms with Crippen LogP contribution in [0.2, 0.25) is 28.2 Å². The summed E-state index contributed by atoms with van der Waals surface area (Å²) < 4.78 is 29.8. The van der Waals surface area contributed by atoms with Crippen LogP contribution in [-0.4, -0.2) is 105 Å². The number of carbonyl (C=O) groups is 5. The van der Waals surface area contributed by atoms with Crippen molar-refractivity contribution < 1.29 is 52.5 Å². The van der Waals surface area contributed by atoms with Gasteiger partial charge in [0.2, 0.25) is 11.8 Å². The summed E-state index contributed by atoms with van der Waals surface area (Å²) in [5.41, 5.74) is 1.10. The number of amides is 3. The second kappa shape index (κ2) is 30.7. The number of hydrogen-bond donors (Lipinski definition) is 3. The number of alkyl carbamates (subject to hydrolysis) is 1.